The number of rotatable bonds is 6. The van der Waals surface area contributed by atoms with Gasteiger partial charge >= 0.3 is 0 Å². The summed E-state index contributed by atoms with van der Waals surface area (Å²) in [5.74, 6) is 0. The topological polar surface area (TPSA) is 72.9 Å². The van der Waals surface area contributed by atoms with Gasteiger partial charge in [0, 0.05) is 43.6 Å². The zero-order valence-corrected chi connectivity index (χ0v) is 17.5. The van der Waals surface area contributed by atoms with Gasteiger partial charge in [-0.05, 0) is 49.2 Å². The van der Waals surface area contributed by atoms with Gasteiger partial charge in [0.2, 0.25) is 10.0 Å². The molecule has 0 spiro atoms. The fourth-order valence-corrected chi connectivity index (χ4v) is 4.22. The van der Waals surface area contributed by atoms with E-state index in [1.165, 1.54) is 11.3 Å². The van der Waals surface area contributed by atoms with Crippen molar-refractivity contribution in [1.82, 2.24) is 4.90 Å². The third-order valence-corrected chi connectivity index (χ3v) is 5.88. The molecule has 1 aliphatic heterocycles. The summed E-state index contributed by atoms with van der Waals surface area (Å²) in [7, 11) is -3.30. The van der Waals surface area contributed by atoms with Crippen LogP contribution in [0.15, 0.2) is 48.5 Å². The van der Waals surface area contributed by atoms with Crippen LogP contribution in [0.25, 0.3) is 0 Å². The summed E-state index contributed by atoms with van der Waals surface area (Å²) in [5.41, 5.74) is 3.80. The third-order valence-electron chi connectivity index (χ3n) is 5.27. The summed E-state index contributed by atoms with van der Waals surface area (Å²) >= 11 is 0. The molecule has 2 atom stereocenters. The number of piperazine rings is 1. The number of aliphatic hydroxyl groups is 1. The van der Waals surface area contributed by atoms with Gasteiger partial charge in [-0.25, -0.2) is 8.42 Å². The Hall–Kier alpha value is -2.09. The van der Waals surface area contributed by atoms with E-state index < -0.39 is 16.1 Å². The summed E-state index contributed by atoms with van der Waals surface area (Å²) in [6, 6.07) is 15.4. The zero-order valence-electron chi connectivity index (χ0n) is 16.7. The molecule has 2 unspecified atom stereocenters. The number of aryl methyl sites for hydroxylation is 1. The van der Waals surface area contributed by atoms with E-state index in [9.17, 15) is 13.5 Å². The first-order chi connectivity index (χ1) is 13.2. The van der Waals surface area contributed by atoms with Crippen molar-refractivity contribution in [3.05, 3.63) is 59.7 Å². The molecule has 0 amide bonds. The van der Waals surface area contributed by atoms with Gasteiger partial charge < -0.3 is 10.0 Å². The molecule has 1 aliphatic rings. The van der Waals surface area contributed by atoms with Crippen molar-refractivity contribution < 1.29 is 13.5 Å². The number of hydrogen-bond donors (Lipinski definition) is 2. The third kappa shape index (κ3) is 6.19. The van der Waals surface area contributed by atoms with Gasteiger partial charge in [-0.2, -0.15) is 0 Å². The van der Waals surface area contributed by atoms with Gasteiger partial charge in [-0.15, -0.1) is 0 Å². The number of hydrogen-bond acceptors (Lipinski definition) is 5. The second kappa shape index (κ2) is 9.61. The lowest BCUT2D eigenvalue weighted by molar-refractivity contribution is 0.0546. The minimum atomic E-state index is -3.30. The van der Waals surface area contributed by atoms with Crippen LogP contribution in [-0.2, 0) is 10.0 Å². The molecule has 1 fully saturated rings. The average Bonchev–Trinajstić information content (AvgIpc) is 2.66. The fraction of sp³-hybridized carbons (Fsp3) is 0.455. The smallest absolute Gasteiger partial charge is 0.229 e. The van der Waals surface area contributed by atoms with Gasteiger partial charge in [-0.1, -0.05) is 31.7 Å². The van der Waals surface area contributed by atoms with Crippen LogP contribution in [0.1, 0.15) is 31.6 Å². The van der Waals surface area contributed by atoms with Crippen LogP contribution in [-0.4, -0.2) is 56.9 Å². The van der Waals surface area contributed by atoms with Crippen LogP contribution >= 0.6 is 0 Å². The van der Waals surface area contributed by atoms with Crippen molar-refractivity contribution in [3.8, 4) is 0 Å². The van der Waals surface area contributed by atoms with Crippen molar-refractivity contribution in [3.63, 3.8) is 0 Å². The molecule has 7 heteroatoms. The molecule has 0 bridgehead atoms. The predicted octanol–water partition coefficient (Wildman–Crippen LogP) is 3.25. The van der Waals surface area contributed by atoms with Crippen LogP contribution in [0.4, 0.5) is 11.4 Å². The number of aliphatic hydroxyl groups excluding tert-OH is 1. The van der Waals surface area contributed by atoms with Crippen molar-refractivity contribution >= 4 is 21.4 Å². The minimum Gasteiger partial charge on any atom is -0.387 e. The normalized spacial score (nSPS) is 17.3. The highest BCUT2D eigenvalue weighted by atomic mass is 32.2. The molecule has 0 aliphatic carbocycles. The molecule has 160 valence electrons. The Morgan fingerprint density at radius 2 is 1.66 bits per heavy atom. The maximum absolute atomic E-state index is 11.3. The van der Waals surface area contributed by atoms with Gasteiger partial charge in [-0.3, -0.25) is 9.62 Å². The SMILES string of the molecule is C.Cc1cccc(N2CCN(C(C)C(O)c3ccc(NS(C)(=O)=O)cc3)CC2)c1. The maximum atomic E-state index is 11.3. The van der Waals surface area contributed by atoms with Gasteiger partial charge in [0.15, 0.2) is 0 Å². The van der Waals surface area contributed by atoms with E-state index in [1.807, 2.05) is 6.92 Å². The number of anilines is 2. The van der Waals surface area contributed by atoms with E-state index in [2.05, 4.69) is 45.7 Å². The van der Waals surface area contributed by atoms with E-state index >= 15 is 0 Å². The Labute approximate surface area is 175 Å². The van der Waals surface area contributed by atoms with Crippen molar-refractivity contribution in [2.45, 2.75) is 33.4 Å². The van der Waals surface area contributed by atoms with Crippen LogP contribution in [0.5, 0.6) is 0 Å². The van der Waals surface area contributed by atoms with Crippen molar-refractivity contribution in [2.75, 3.05) is 42.1 Å². The molecule has 6 nitrogen and oxygen atoms in total. The lowest BCUT2D eigenvalue weighted by atomic mass is 10.0. The number of nitrogens with zero attached hydrogens (tertiary/aromatic N) is 2. The highest BCUT2D eigenvalue weighted by Gasteiger charge is 2.26. The van der Waals surface area contributed by atoms with Crippen LogP contribution in [0.3, 0.4) is 0 Å². The Bertz CT molecular complexity index is 892. The minimum absolute atomic E-state index is 0. The van der Waals surface area contributed by atoms with E-state index in [1.54, 1.807) is 24.3 Å². The molecular formula is C22H33N3O3S. The molecule has 1 heterocycles. The molecule has 3 rings (SSSR count). The largest absolute Gasteiger partial charge is 0.387 e. The second-order valence-electron chi connectivity index (χ2n) is 7.54. The average molecular weight is 420 g/mol. The first kappa shape index (κ1) is 23.2. The van der Waals surface area contributed by atoms with Crippen LogP contribution in [0, 0.1) is 6.92 Å². The molecule has 0 radical (unpaired) electrons. The fourth-order valence-electron chi connectivity index (χ4n) is 3.65. The monoisotopic (exact) mass is 419 g/mol. The summed E-state index contributed by atoms with van der Waals surface area (Å²) in [5, 5.41) is 10.8. The molecule has 2 aromatic carbocycles. The summed E-state index contributed by atoms with van der Waals surface area (Å²) in [4.78, 5) is 4.69. The van der Waals surface area contributed by atoms with E-state index in [0.29, 0.717) is 5.69 Å². The standard InChI is InChI=1S/C21H29N3O3S.CH4/c1-16-5-4-6-20(15-16)24-13-11-23(12-14-24)17(2)21(25)18-7-9-19(10-8-18)22-28(3,26)27;/h4-10,15,17,21-22,25H,11-14H2,1-3H3;1H4. The first-order valence-electron chi connectivity index (χ1n) is 9.54. The maximum Gasteiger partial charge on any atom is 0.229 e. The summed E-state index contributed by atoms with van der Waals surface area (Å²) < 4.78 is 25.1. The summed E-state index contributed by atoms with van der Waals surface area (Å²) in [6.07, 6.45) is 0.492. The molecular weight excluding hydrogens is 386 g/mol. The Morgan fingerprint density at radius 1 is 1.03 bits per heavy atom. The van der Waals surface area contributed by atoms with Crippen molar-refractivity contribution in [2.24, 2.45) is 0 Å². The molecule has 2 aromatic rings. The molecule has 0 aromatic heterocycles. The van der Waals surface area contributed by atoms with Gasteiger partial charge in [0.05, 0.1) is 12.4 Å². The number of sulfonamides is 1. The second-order valence-corrected chi connectivity index (χ2v) is 9.29. The van der Waals surface area contributed by atoms with E-state index in [0.717, 1.165) is 38.0 Å². The Kier molecular flexibility index (Phi) is 7.68. The van der Waals surface area contributed by atoms with Gasteiger partial charge in [0.25, 0.3) is 0 Å². The lowest BCUT2D eigenvalue weighted by Crippen LogP contribution is -2.51. The Balaban J connectivity index is 0.00000300. The molecule has 29 heavy (non-hydrogen) atoms. The Morgan fingerprint density at radius 3 is 2.21 bits per heavy atom. The first-order valence-corrected chi connectivity index (χ1v) is 11.4. The van der Waals surface area contributed by atoms with Crippen LogP contribution < -0.4 is 9.62 Å². The van der Waals surface area contributed by atoms with E-state index in [-0.39, 0.29) is 13.5 Å². The quantitative estimate of drug-likeness (QED) is 0.752. The lowest BCUT2D eigenvalue weighted by Gasteiger charge is -2.40. The van der Waals surface area contributed by atoms with Gasteiger partial charge in [0.1, 0.15) is 0 Å². The number of nitrogens with one attached hydrogen (secondary N) is 1. The highest BCUT2D eigenvalue weighted by Crippen LogP contribution is 2.25. The van der Waals surface area contributed by atoms with Crippen LogP contribution in [0.2, 0.25) is 0 Å². The predicted molar refractivity (Wildman–Crippen MR) is 121 cm³/mol. The molecule has 2 N–H and O–H groups in total. The highest BCUT2D eigenvalue weighted by molar-refractivity contribution is 7.92. The van der Waals surface area contributed by atoms with Crippen molar-refractivity contribution in [1.29, 1.82) is 0 Å². The summed E-state index contributed by atoms with van der Waals surface area (Å²) in [6.45, 7) is 7.78. The zero-order chi connectivity index (χ0) is 20.3. The van der Waals surface area contributed by atoms with E-state index in [4.69, 9.17) is 0 Å². The molecule has 0 saturated carbocycles. The molecule has 1 saturated heterocycles. The number of benzene rings is 2.